The maximum absolute atomic E-state index is 13.2. The van der Waals surface area contributed by atoms with Gasteiger partial charge < -0.3 is 9.47 Å². The van der Waals surface area contributed by atoms with Crippen LogP contribution in [0, 0.1) is 5.82 Å². The highest BCUT2D eigenvalue weighted by Crippen LogP contribution is 2.20. The molecule has 1 aliphatic rings. The monoisotopic (exact) mass is 210 g/mol. The lowest BCUT2D eigenvalue weighted by Crippen LogP contribution is -2.15. The lowest BCUT2D eigenvalue weighted by Gasteiger charge is -2.12. The van der Waals surface area contributed by atoms with Crippen LogP contribution < -0.4 is 4.74 Å². The molecule has 0 saturated carbocycles. The fourth-order valence-corrected chi connectivity index (χ4v) is 1.69. The summed E-state index contributed by atoms with van der Waals surface area (Å²) < 4.78 is 24.1. The van der Waals surface area contributed by atoms with Gasteiger partial charge >= 0.3 is 0 Å². The largest absolute Gasteiger partial charge is 0.488 e. The molecule has 3 heteroatoms. The van der Waals surface area contributed by atoms with Crippen LogP contribution in [0.25, 0.3) is 0 Å². The van der Waals surface area contributed by atoms with Crippen molar-refractivity contribution in [1.29, 1.82) is 0 Å². The number of halogens is 1. The maximum atomic E-state index is 13.2. The third-order valence-corrected chi connectivity index (χ3v) is 2.59. The van der Waals surface area contributed by atoms with Gasteiger partial charge in [-0.3, -0.25) is 0 Å². The Balaban J connectivity index is 2.07. The summed E-state index contributed by atoms with van der Waals surface area (Å²) >= 11 is 0. The molecule has 82 valence electrons. The van der Waals surface area contributed by atoms with Crippen molar-refractivity contribution < 1.29 is 13.9 Å². The molecule has 0 aliphatic carbocycles. The van der Waals surface area contributed by atoms with Gasteiger partial charge in [-0.05, 0) is 30.2 Å². The van der Waals surface area contributed by atoms with Crippen LogP contribution in [0.4, 0.5) is 4.39 Å². The molecule has 0 bridgehead atoms. The lowest BCUT2D eigenvalue weighted by atomic mass is 10.1. The first kappa shape index (κ1) is 10.4. The van der Waals surface area contributed by atoms with Crippen LogP contribution in [-0.4, -0.2) is 19.3 Å². The highest BCUT2D eigenvalue weighted by atomic mass is 19.1. The standard InChI is InChI=1S/C12H15FO2/c1-2-9-7-10(3-4-12(9)13)15-11-5-6-14-8-11/h3-4,7,11H,2,5-6,8H2,1H3. The Kier molecular flexibility index (Phi) is 3.21. The minimum Gasteiger partial charge on any atom is -0.488 e. The van der Waals surface area contributed by atoms with Crippen molar-refractivity contribution in [2.24, 2.45) is 0 Å². The first-order valence-corrected chi connectivity index (χ1v) is 5.32. The Morgan fingerprint density at radius 3 is 3.07 bits per heavy atom. The molecule has 1 saturated heterocycles. The molecule has 0 aromatic heterocycles. The summed E-state index contributed by atoms with van der Waals surface area (Å²) in [5, 5.41) is 0. The van der Waals surface area contributed by atoms with Crippen molar-refractivity contribution in [3.63, 3.8) is 0 Å². The SMILES string of the molecule is CCc1cc(OC2CCOC2)ccc1F. The van der Waals surface area contributed by atoms with E-state index >= 15 is 0 Å². The summed E-state index contributed by atoms with van der Waals surface area (Å²) in [4.78, 5) is 0. The van der Waals surface area contributed by atoms with E-state index in [1.54, 1.807) is 12.1 Å². The van der Waals surface area contributed by atoms with Gasteiger partial charge in [0.15, 0.2) is 0 Å². The number of ether oxygens (including phenoxy) is 2. The van der Waals surface area contributed by atoms with Gasteiger partial charge in [-0.1, -0.05) is 6.92 Å². The van der Waals surface area contributed by atoms with Crippen molar-refractivity contribution >= 4 is 0 Å². The molecular weight excluding hydrogens is 195 g/mol. The Hall–Kier alpha value is -1.09. The van der Waals surface area contributed by atoms with Gasteiger partial charge in [-0.2, -0.15) is 0 Å². The van der Waals surface area contributed by atoms with Crippen LogP contribution in [0.1, 0.15) is 18.9 Å². The summed E-state index contributed by atoms with van der Waals surface area (Å²) in [7, 11) is 0. The fraction of sp³-hybridized carbons (Fsp3) is 0.500. The van der Waals surface area contributed by atoms with E-state index in [1.165, 1.54) is 6.07 Å². The summed E-state index contributed by atoms with van der Waals surface area (Å²) in [6.45, 7) is 3.33. The first-order valence-electron chi connectivity index (χ1n) is 5.32. The molecule has 1 aromatic rings. The summed E-state index contributed by atoms with van der Waals surface area (Å²) in [5.41, 5.74) is 0.700. The topological polar surface area (TPSA) is 18.5 Å². The van der Waals surface area contributed by atoms with Crippen LogP contribution in [0.15, 0.2) is 18.2 Å². The third-order valence-electron chi connectivity index (χ3n) is 2.59. The predicted octanol–water partition coefficient (Wildman–Crippen LogP) is 2.56. The number of hydrogen-bond acceptors (Lipinski definition) is 2. The molecule has 1 unspecified atom stereocenters. The van der Waals surface area contributed by atoms with Crippen LogP contribution >= 0.6 is 0 Å². The third kappa shape index (κ3) is 2.48. The van der Waals surface area contributed by atoms with Gasteiger partial charge in [0, 0.05) is 6.42 Å². The Labute approximate surface area is 89.0 Å². The van der Waals surface area contributed by atoms with E-state index in [9.17, 15) is 4.39 Å². The Morgan fingerprint density at radius 1 is 1.53 bits per heavy atom. The molecule has 1 heterocycles. The van der Waals surface area contributed by atoms with Gasteiger partial charge in [0.25, 0.3) is 0 Å². The molecule has 1 atom stereocenters. The molecule has 15 heavy (non-hydrogen) atoms. The van der Waals surface area contributed by atoms with E-state index < -0.39 is 0 Å². The first-order chi connectivity index (χ1) is 7.29. The maximum Gasteiger partial charge on any atom is 0.126 e. The van der Waals surface area contributed by atoms with Crippen LogP contribution in [-0.2, 0) is 11.2 Å². The van der Waals surface area contributed by atoms with Crippen molar-refractivity contribution in [3.05, 3.63) is 29.6 Å². The Bertz CT molecular complexity index is 332. The van der Waals surface area contributed by atoms with E-state index in [2.05, 4.69) is 0 Å². The Morgan fingerprint density at radius 2 is 2.40 bits per heavy atom. The quantitative estimate of drug-likeness (QED) is 0.763. The minimum atomic E-state index is -0.160. The molecule has 0 amide bonds. The average Bonchev–Trinajstić information content (AvgIpc) is 2.73. The van der Waals surface area contributed by atoms with Gasteiger partial charge in [0.2, 0.25) is 0 Å². The minimum absolute atomic E-state index is 0.125. The molecule has 0 N–H and O–H groups in total. The van der Waals surface area contributed by atoms with Gasteiger partial charge in [0.1, 0.15) is 17.7 Å². The predicted molar refractivity (Wildman–Crippen MR) is 55.6 cm³/mol. The van der Waals surface area contributed by atoms with Crippen LogP contribution in [0.2, 0.25) is 0 Å². The normalized spacial score (nSPS) is 20.5. The summed E-state index contributed by atoms with van der Waals surface area (Å²) in [6, 6.07) is 4.91. The zero-order valence-electron chi connectivity index (χ0n) is 8.83. The average molecular weight is 210 g/mol. The highest BCUT2D eigenvalue weighted by Gasteiger charge is 2.17. The van der Waals surface area contributed by atoms with E-state index in [-0.39, 0.29) is 11.9 Å². The van der Waals surface area contributed by atoms with Gasteiger partial charge in [-0.15, -0.1) is 0 Å². The van der Waals surface area contributed by atoms with Crippen LogP contribution in [0.5, 0.6) is 5.75 Å². The second kappa shape index (κ2) is 4.62. The zero-order valence-corrected chi connectivity index (χ0v) is 8.83. The molecule has 2 rings (SSSR count). The van der Waals surface area contributed by atoms with E-state index in [0.717, 1.165) is 18.8 Å². The van der Waals surface area contributed by atoms with Gasteiger partial charge in [0.05, 0.1) is 13.2 Å². The van der Waals surface area contributed by atoms with Crippen molar-refractivity contribution in [3.8, 4) is 5.75 Å². The molecule has 0 spiro atoms. The molecular formula is C12H15FO2. The van der Waals surface area contributed by atoms with E-state index in [1.807, 2.05) is 6.92 Å². The molecule has 1 fully saturated rings. The van der Waals surface area contributed by atoms with Crippen molar-refractivity contribution in [1.82, 2.24) is 0 Å². The highest BCUT2D eigenvalue weighted by molar-refractivity contribution is 5.30. The lowest BCUT2D eigenvalue weighted by molar-refractivity contribution is 0.141. The molecule has 1 aliphatic heterocycles. The number of rotatable bonds is 3. The number of hydrogen-bond donors (Lipinski definition) is 0. The second-order valence-electron chi connectivity index (χ2n) is 3.71. The summed E-state index contributed by atoms with van der Waals surface area (Å²) in [6.07, 6.45) is 1.73. The van der Waals surface area contributed by atoms with E-state index in [0.29, 0.717) is 18.6 Å². The number of benzene rings is 1. The molecule has 1 aromatic carbocycles. The van der Waals surface area contributed by atoms with Gasteiger partial charge in [-0.25, -0.2) is 4.39 Å². The smallest absolute Gasteiger partial charge is 0.126 e. The zero-order chi connectivity index (χ0) is 10.7. The molecule has 2 nitrogen and oxygen atoms in total. The number of aryl methyl sites for hydroxylation is 1. The summed E-state index contributed by atoms with van der Waals surface area (Å²) in [5.74, 6) is 0.580. The van der Waals surface area contributed by atoms with E-state index in [4.69, 9.17) is 9.47 Å². The second-order valence-corrected chi connectivity index (χ2v) is 3.71. The molecule has 0 radical (unpaired) electrons. The van der Waals surface area contributed by atoms with Crippen molar-refractivity contribution in [2.45, 2.75) is 25.9 Å². The fourth-order valence-electron chi connectivity index (χ4n) is 1.69. The van der Waals surface area contributed by atoms with Crippen LogP contribution in [0.3, 0.4) is 0 Å². The van der Waals surface area contributed by atoms with Crippen molar-refractivity contribution in [2.75, 3.05) is 13.2 Å².